The molecule has 23 heavy (non-hydrogen) atoms. The Balaban J connectivity index is 1.57. The Morgan fingerprint density at radius 1 is 1.26 bits per heavy atom. The Kier molecular flexibility index (Phi) is 3.63. The number of aryl methyl sites for hydroxylation is 1. The molecule has 0 fully saturated rings. The summed E-state index contributed by atoms with van der Waals surface area (Å²) in [5.41, 5.74) is 3.59. The van der Waals surface area contributed by atoms with Gasteiger partial charge in [-0.3, -0.25) is 4.79 Å². The Bertz CT molecular complexity index is 840. The lowest BCUT2D eigenvalue weighted by Crippen LogP contribution is -2.14. The average molecular weight is 325 g/mol. The van der Waals surface area contributed by atoms with E-state index >= 15 is 0 Å². The third-order valence-electron chi connectivity index (χ3n) is 4.02. The molecule has 0 saturated carbocycles. The first-order valence-corrected chi connectivity index (χ1v) is 8.43. The molecule has 6 nitrogen and oxygen atoms in total. The van der Waals surface area contributed by atoms with Gasteiger partial charge in [-0.25, -0.2) is 4.68 Å². The molecule has 1 aliphatic carbocycles. The second-order valence-corrected chi connectivity index (χ2v) is 6.48. The number of tetrazole rings is 1. The van der Waals surface area contributed by atoms with Gasteiger partial charge in [-0.15, -0.1) is 16.4 Å². The summed E-state index contributed by atoms with van der Waals surface area (Å²) in [5, 5.41) is 16.1. The Morgan fingerprint density at radius 2 is 2.17 bits per heavy atom. The first kappa shape index (κ1) is 14.1. The maximum atomic E-state index is 12.6. The summed E-state index contributed by atoms with van der Waals surface area (Å²) in [6.45, 7) is 0. The summed E-state index contributed by atoms with van der Waals surface area (Å²) in [5.74, 6) is -0.0433. The van der Waals surface area contributed by atoms with Crippen LogP contribution in [0.25, 0.3) is 5.69 Å². The summed E-state index contributed by atoms with van der Waals surface area (Å²) in [4.78, 5) is 14.0. The van der Waals surface area contributed by atoms with E-state index in [1.165, 1.54) is 29.6 Å². The van der Waals surface area contributed by atoms with Crippen LogP contribution < -0.4 is 5.32 Å². The molecule has 0 radical (unpaired) electrons. The molecular formula is C16H15N5OS. The number of rotatable bonds is 3. The van der Waals surface area contributed by atoms with Gasteiger partial charge in [0.15, 0.2) is 0 Å². The summed E-state index contributed by atoms with van der Waals surface area (Å²) < 4.78 is 1.56. The highest BCUT2D eigenvalue weighted by Gasteiger charge is 2.20. The molecule has 0 unspecified atom stereocenters. The van der Waals surface area contributed by atoms with E-state index in [1.54, 1.807) is 16.0 Å². The molecule has 0 spiro atoms. The van der Waals surface area contributed by atoms with Crippen LogP contribution in [0.4, 0.5) is 5.69 Å². The van der Waals surface area contributed by atoms with Gasteiger partial charge < -0.3 is 5.32 Å². The van der Waals surface area contributed by atoms with E-state index < -0.39 is 0 Å². The molecule has 0 aliphatic heterocycles. The van der Waals surface area contributed by atoms with Crippen molar-refractivity contribution in [2.45, 2.75) is 25.7 Å². The molecule has 0 saturated heterocycles. The quantitative estimate of drug-likeness (QED) is 0.803. The number of hydrogen-bond acceptors (Lipinski definition) is 5. The van der Waals surface area contributed by atoms with E-state index in [0.717, 1.165) is 29.8 Å². The van der Waals surface area contributed by atoms with Crippen LogP contribution in [0.5, 0.6) is 0 Å². The van der Waals surface area contributed by atoms with Crippen molar-refractivity contribution in [3.05, 3.63) is 52.0 Å². The third-order valence-corrected chi connectivity index (χ3v) is 5.11. The Hall–Kier alpha value is -2.54. The lowest BCUT2D eigenvalue weighted by molar-refractivity contribution is 0.102. The molecule has 4 rings (SSSR count). The zero-order valence-corrected chi connectivity index (χ0v) is 13.2. The second-order valence-electron chi connectivity index (χ2n) is 5.52. The fraction of sp³-hybridized carbons (Fsp3) is 0.250. The minimum atomic E-state index is -0.0433. The molecule has 0 bridgehead atoms. The number of nitrogens with zero attached hydrogens (tertiary/aromatic N) is 4. The van der Waals surface area contributed by atoms with Gasteiger partial charge in [0.1, 0.15) is 6.33 Å². The molecule has 3 aromatic rings. The number of anilines is 1. The predicted molar refractivity (Wildman–Crippen MR) is 88.1 cm³/mol. The van der Waals surface area contributed by atoms with Crippen molar-refractivity contribution >= 4 is 22.9 Å². The lowest BCUT2D eigenvalue weighted by atomic mass is 9.95. The summed E-state index contributed by atoms with van der Waals surface area (Å²) in [6.07, 6.45) is 6.02. The summed E-state index contributed by atoms with van der Waals surface area (Å²) in [6, 6.07) is 7.48. The third kappa shape index (κ3) is 2.75. The molecule has 1 N–H and O–H groups in total. The van der Waals surface area contributed by atoms with Crippen LogP contribution in [0.2, 0.25) is 0 Å². The maximum Gasteiger partial charge on any atom is 0.256 e. The SMILES string of the molecule is O=C(Nc1cccc(-n2cnnn2)c1)c1csc2c1CCCC2. The number of fused-ring (bicyclic) bond motifs is 1. The molecule has 7 heteroatoms. The molecule has 1 aromatic carbocycles. The zero-order chi connectivity index (χ0) is 15.6. The van der Waals surface area contributed by atoms with E-state index in [2.05, 4.69) is 20.8 Å². The number of hydrogen-bond donors (Lipinski definition) is 1. The zero-order valence-electron chi connectivity index (χ0n) is 12.4. The van der Waals surface area contributed by atoms with Crippen LogP contribution in [0, 0.1) is 0 Å². The number of thiophene rings is 1. The van der Waals surface area contributed by atoms with Crippen molar-refractivity contribution in [3.63, 3.8) is 0 Å². The van der Waals surface area contributed by atoms with Crippen molar-refractivity contribution in [3.8, 4) is 5.69 Å². The molecule has 2 aromatic heterocycles. The molecular weight excluding hydrogens is 310 g/mol. The van der Waals surface area contributed by atoms with Gasteiger partial charge in [-0.1, -0.05) is 6.07 Å². The van der Waals surface area contributed by atoms with Crippen molar-refractivity contribution in [1.82, 2.24) is 20.2 Å². The normalized spacial score (nSPS) is 13.6. The fourth-order valence-electron chi connectivity index (χ4n) is 2.89. The van der Waals surface area contributed by atoms with E-state index in [9.17, 15) is 4.79 Å². The van der Waals surface area contributed by atoms with Crippen LogP contribution >= 0.6 is 11.3 Å². The highest BCUT2D eigenvalue weighted by molar-refractivity contribution is 7.10. The number of carbonyl (C=O) groups excluding carboxylic acids is 1. The van der Waals surface area contributed by atoms with Crippen molar-refractivity contribution in [1.29, 1.82) is 0 Å². The summed E-state index contributed by atoms with van der Waals surface area (Å²) >= 11 is 1.70. The second kappa shape index (κ2) is 5.92. The number of benzene rings is 1. The smallest absolute Gasteiger partial charge is 0.256 e. The first-order chi connectivity index (χ1) is 11.3. The van der Waals surface area contributed by atoms with Crippen LogP contribution in [0.3, 0.4) is 0 Å². The van der Waals surface area contributed by atoms with Gasteiger partial charge >= 0.3 is 0 Å². The fourth-order valence-corrected chi connectivity index (χ4v) is 4.01. The van der Waals surface area contributed by atoms with Crippen molar-refractivity contribution in [2.24, 2.45) is 0 Å². The van der Waals surface area contributed by atoms with Gasteiger partial charge in [0.2, 0.25) is 0 Å². The van der Waals surface area contributed by atoms with E-state index in [0.29, 0.717) is 0 Å². The van der Waals surface area contributed by atoms with Crippen LogP contribution in [0.15, 0.2) is 36.0 Å². The number of carbonyl (C=O) groups is 1. The molecule has 1 aliphatic rings. The average Bonchev–Trinajstić information content (AvgIpc) is 3.25. The van der Waals surface area contributed by atoms with E-state index in [-0.39, 0.29) is 5.91 Å². The van der Waals surface area contributed by atoms with E-state index in [1.807, 2.05) is 29.6 Å². The van der Waals surface area contributed by atoms with Crippen LogP contribution in [-0.2, 0) is 12.8 Å². The van der Waals surface area contributed by atoms with Crippen LogP contribution in [0.1, 0.15) is 33.6 Å². The number of aromatic nitrogens is 4. The van der Waals surface area contributed by atoms with Gasteiger partial charge in [-0.2, -0.15) is 0 Å². The maximum absolute atomic E-state index is 12.6. The number of nitrogens with one attached hydrogen (secondary N) is 1. The predicted octanol–water partition coefficient (Wildman–Crippen LogP) is 2.85. The highest BCUT2D eigenvalue weighted by atomic mass is 32.1. The molecule has 116 valence electrons. The van der Waals surface area contributed by atoms with Gasteiger partial charge in [0.05, 0.1) is 11.3 Å². The lowest BCUT2D eigenvalue weighted by Gasteiger charge is -2.13. The van der Waals surface area contributed by atoms with Crippen molar-refractivity contribution in [2.75, 3.05) is 5.32 Å². The minimum Gasteiger partial charge on any atom is -0.322 e. The topological polar surface area (TPSA) is 72.7 Å². The monoisotopic (exact) mass is 325 g/mol. The largest absolute Gasteiger partial charge is 0.322 e. The van der Waals surface area contributed by atoms with Gasteiger partial charge in [-0.05, 0) is 59.9 Å². The standard InChI is InChI=1S/C16H15N5OS/c22-16(14-9-23-15-7-2-1-6-13(14)15)18-11-4-3-5-12(8-11)21-10-17-19-20-21/h3-5,8-10H,1-2,6-7H2,(H,18,22). The summed E-state index contributed by atoms with van der Waals surface area (Å²) in [7, 11) is 0. The van der Waals surface area contributed by atoms with Crippen LogP contribution in [-0.4, -0.2) is 26.1 Å². The molecule has 0 atom stereocenters. The molecule has 1 amide bonds. The Morgan fingerprint density at radius 3 is 3.04 bits per heavy atom. The first-order valence-electron chi connectivity index (χ1n) is 7.55. The highest BCUT2D eigenvalue weighted by Crippen LogP contribution is 2.30. The van der Waals surface area contributed by atoms with Gasteiger partial charge in [0.25, 0.3) is 5.91 Å². The Labute approximate surface area is 137 Å². The minimum absolute atomic E-state index is 0.0433. The number of amides is 1. The van der Waals surface area contributed by atoms with E-state index in [4.69, 9.17) is 0 Å². The van der Waals surface area contributed by atoms with Crippen molar-refractivity contribution < 1.29 is 4.79 Å². The van der Waals surface area contributed by atoms with Gasteiger partial charge in [0, 0.05) is 15.9 Å². The molecule has 2 heterocycles.